The molecular weight excluding hydrogens is 248 g/mol. The second-order valence-corrected chi connectivity index (χ2v) is 4.68. The molecule has 2 N–H and O–H groups in total. The summed E-state index contributed by atoms with van der Waals surface area (Å²) in [6, 6.07) is 11.9. The number of aromatic nitrogens is 3. The van der Waals surface area contributed by atoms with Gasteiger partial charge >= 0.3 is 0 Å². The lowest BCUT2D eigenvalue weighted by Crippen LogP contribution is -2.03. The van der Waals surface area contributed by atoms with E-state index in [0.29, 0.717) is 0 Å². The number of hydrogen-bond acceptors (Lipinski definition) is 3. The molecule has 0 spiro atoms. The van der Waals surface area contributed by atoms with Crippen molar-refractivity contribution in [3.63, 3.8) is 0 Å². The van der Waals surface area contributed by atoms with Crippen LogP contribution in [-0.2, 0) is 13.0 Å². The Morgan fingerprint density at radius 3 is 2.70 bits per heavy atom. The maximum absolute atomic E-state index is 5.84. The van der Waals surface area contributed by atoms with Gasteiger partial charge < -0.3 is 10.3 Å². The van der Waals surface area contributed by atoms with Gasteiger partial charge in [-0.3, -0.25) is 4.98 Å². The number of nitrogen functional groups attached to an aromatic ring is 1. The van der Waals surface area contributed by atoms with Gasteiger partial charge in [-0.25, -0.2) is 4.98 Å². The van der Waals surface area contributed by atoms with E-state index in [9.17, 15) is 0 Å². The van der Waals surface area contributed by atoms with Crippen molar-refractivity contribution in [2.24, 2.45) is 0 Å². The first-order chi connectivity index (χ1) is 9.83. The molecule has 0 aliphatic heterocycles. The fraction of sp³-hybridized carbons (Fsp3) is 0.125. The first kappa shape index (κ1) is 12.4. The lowest BCUT2D eigenvalue weighted by atomic mass is 10.1. The largest absolute Gasteiger partial charge is 0.399 e. The molecule has 4 nitrogen and oxygen atoms in total. The highest BCUT2D eigenvalue weighted by Gasteiger charge is 2.06. The summed E-state index contributed by atoms with van der Waals surface area (Å²) in [4.78, 5) is 8.47. The van der Waals surface area contributed by atoms with Gasteiger partial charge in [0.2, 0.25) is 0 Å². The van der Waals surface area contributed by atoms with Crippen LogP contribution in [0.2, 0.25) is 0 Å². The van der Waals surface area contributed by atoms with Crippen molar-refractivity contribution >= 4 is 5.69 Å². The standard InChI is InChI=1S/C16H16N4/c17-15-3-1-2-14(12-15)16-19-9-11-20(16)10-6-13-4-7-18-8-5-13/h1-5,7-9,11-12H,6,10,17H2. The number of pyridine rings is 1. The van der Waals surface area contributed by atoms with Crippen molar-refractivity contribution in [3.05, 3.63) is 66.7 Å². The first-order valence-corrected chi connectivity index (χ1v) is 6.59. The number of anilines is 1. The van der Waals surface area contributed by atoms with Crippen molar-refractivity contribution in [2.45, 2.75) is 13.0 Å². The molecule has 2 aromatic heterocycles. The molecule has 0 amide bonds. The van der Waals surface area contributed by atoms with Crippen LogP contribution in [0.4, 0.5) is 5.69 Å². The Hall–Kier alpha value is -2.62. The topological polar surface area (TPSA) is 56.7 Å². The minimum atomic E-state index is 0.756. The molecular formula is C16H16N4. The van der Waals surface area contributed by atoms with E-state index in [1.807, 2.05) is 61.2 Å². The number of nitrogens with two attached hydrogens (primary N) is 1. The van der Waals surface area contributed by atoms with E-state index in [0.717, 1.165) is 30.0 Å². The number of nitrogens with zero attached hydrogens (tertiary/aromatic N) is 3. The molecule has 0 unspecified atom stereocenters. The molecule has 0 aliphatic carbocycles. The third-order valence-electron chi connectivity index (χ3n) is 3.25. The Kier molecular flexibility index (Phi) is 3.46. The van der Waals surface area contributed by atoms with E-state index >= 15 is 0 Å². The van der Waals surface area contributed by atoms with Gasteiger partial charge in [0.25, 0.3) is 0 Å². The highest BCUT2D eigenvalue weighted by molar-refractivity contribution is 5.61. The molecule has 0 radical (unpaired) electrons. The van der Waals surface area contributed by atoms with Crippen LogP contribution in [0.5, 0.6) is 0 Å². The predicted octanol–water partition coefficient (Wildman–Crippen LogP) is 2.77. The van der Waals surface area contributed by atoms with Crippen molar-refractivity contribution < 1.29 is 0 Å². The summed E-state index contributed by atoms with van der Waals surface area (Å²) < 4.78 is 2.15. The third kappa shape index (κ3) is 2.69. The van der Waals surface area contributed by atoms with Crippen LogP contribution in [0.15, 0.2) is 61.2 Å². The van der Waals surface area contributed by atoms with Crippen molar-refractivity contribution in [1.82, 2.24) is 14.5 Å². The van der Waals surface area contributed by atoms with Crippen LogP contribution < -0.4 is 5.73 Å². The summed E-state index contributed by atoms with van der Waals surface area (Å²) >= 11 is 0. The zero-order valence-corrected chi connectivity index (χ0v) is 11.1. The number of hydrogen-bond donors (Lipinski definition) is 1. The molecule has 3 rings (SSSR count). The highest BCUT2D eigenvalue weighted by atomic mass is 15.1. The average Bonchev–Trinajstić information content (AvgIpc) is 2.95. The smallest absolute Gasteiger partial charge is 0.139 e. The molecule has 0 saturated heterocycles. The third-order valence-corrected chi connectivity index (χ3v) is 3.25. The summed E-state index contributed by atoms with van der Waals surface area (Å²) in [6.07, 6.45) is 8.42. The fourth-order valence-corrected chi connectivity index (χ4v) is 2.23. The van der Waals surface area contributed by atoms with Crippen LogP contribution in [-0.4, -0.2) is 14.5 Å². The van der Waals surface area contributed by atoms with Crippen molar-refractivity contribution in [1.29, 1.82) is 0 Å². The van der Waals surface area contributed by atoms with Crippen molar-refractivity contribution in [3.8, 4) is 11.4 Å². The summed E-state index contributed by atoms with van der Waals surface area (Å²) in [5, 5.41) is 0. The quantitative estimate of drug-likeness (QED) is 0.737. The monoisotopic (exact) mass is 264 g/mol. The van der Waals surface area contributed by atoms with Gasteiger partial charge in [0.1, 0.15) is 5.82 Å². The normalized spacial score (nSPS) is 10.6. The molecule has 1 aromatic carbocycles. The SMILES string of the molecule is Nc1cccc(-c2nccn2CCc2ccncc2)c1. The average molecular weight is 264 g/mol. The minimum Gasteiger partial charge on any atom is -0.399 e. The lowest BCUT2D eigenvalue weighted by Gasteiger charge is -2.08. The molecule has 3 aromatic rings. The van der Waals surface area contributed by atoms with E-state index in [4.69, 9.17) is 5.73 Å². The maximum Gasteiger partial charge on any atom is 0.139 e. The molecule has 4 heteroatoms. The zero-order chi connectivity index (χ0) is 13.8. The van der Waals surface area contributed by atoms with E-state index in [1.54, 1.807) is 0 Å². The van der Waals surface area contributed by atoms with E-state index in [2.05, 4.69) is 14.5 Å². The Bertz CT molecular complexity index is 688. The molecule has 0 aliphatic rings. The fourth-order valence-electron chi connectivity index (χ4n) is 2.23. The van der Waals surface area contributed by atoms with Gasteiger partial charge in [0.05, 0.1) is 0 Å². The number of imidazole rings is 1. The van der Waals surface area contributed by atoms with Crippen molar-refractivity contribution in [2.75, 3.05) is 5.73 Å². The van der Waals surface area contributed by atoms with Gasteiger partial charge in [-0.2, -0.15) is 0 Å². The summed E-state index contributed by atoms with van der Waals surface area (Å²) in [6.45, 7) is 0.883. The van der Waals surface area contributed by atoms with Crippen LogP contribution in [0.25, 0.3) is 11.4 Å². The van der Waals surface area contributed by atoms with E-state index in [-0.39, 0.29) is 0 Å². The van der Waals surface area contributed by atoms with Gasteiger partial charge in [-0.05, 0) is 36.2 Å². The Balaban J connectivity index is 1.80. The first-order valence-electron chi connectivity index (χ1n) is 6.59. The maximum atomic E-state index is 5.84. The van der Waals surface area contributed by atoms with E-state index < -0.39 is 0 Å². The molecule has 20 heavy (non-hydrogen) atoms. The predicted molar refractivity (Wildman–Crippen MR) is 80.0 cm³/mol. The second kappa shape index (κ2) is 5.57. The van der Waals surface area contributed by atoms with Crippen LogP contribution in [0, 0.1) is 0 Å². The highest BCUT2D eigenvalue weighted by Crippen LogP contribution is 2.20. The number of rotatable bonds is 4. The van der Waals surface area contributed by atoms with Gasteiger partial charge in [0, 0.05) is 42.6 Å². The van der Waals surface area contributed by atoms with Crippen LogP contribution >= 0.6 is 0 Å². The molecule has 0 bridgehead atoms. The molecule has 0 fully saturated rings. The Morgan fingerprint density at radius 1 is 1.05 bits per heavy atom. The molecule has 0 atom stereocenters. The van der Waals surface area contributed by atoms with Gasteiger partial charge in [0.15, 0.2) is 0 Å². The van der Waals surface area contributed by atoms with Gasteiger partial charge in [-0.1, -0.05) is 12.1 Å². The number of aryl methyl sites for hydroxylation is 2. The summed E-state index contributed by atoms with van der Waals surface area (Å²) in [7, 11) is 0. The second-order valence-electron chi connectivity index (χ2n) is 4.68. The van der Waals surface area contributed by atoms with E-state index in [1.165, 1.54) is 5.56 Å². The zero-order valence-electron chi connectivity index (χ0n) is 11.1. The lowest BCUT2D eigenvalue weighted by molar-refractivity contribution is 0.702. The molecule has 2 heterocycles. The van der Waals surface area contributed by atoms with Crippen LogP contribution in [0.1, 0.15) is 5.56 Å². The Labute approximate surface area is 117 Å². The molecule has 100 valence electrons. The van der Waals surface area contributed by atoms with Crippen LogP contribution in [0.3, 0.4) is 0 Å². The molecule has 0 saturated carbocycles. The Morgan fingerprint density at radius 2 is 1.90 bits per heavy atom. The number of benzene rings is 1. The summed E-state index contributed by atoms with van der Waals surface area (Å²) in [5.41, 5.74) is 8.91. The van der Waals surface area contributed by atoms with Gasteiger partial charge in [-0.15, -0.1) is 0 Å². The summed E-state index contributed by atoms with van der Waals surface area (Å²) in [5.74, 6) is 0.950. The minimum absolute atomic E-state index is 0.756.